The fourth-order valence-corrected chi connectivity index (χ4v) is 1.96. The van der Waals surface area contributed by atoms with Crippen molar-refractivity contribution in [2.24, 2.45) is 0 Å². The van der Waals surface area contributed by atoms with Crippen LogP contribution in [0.25, 0.3) is 11.0 Å². The average molecular weight is 317 g/mol. The van der Waals surface area contributed by atoms with Gasteiger partial charge in [-0.2, -0.15) is 5.26 Å². The van der Waals surface area contributed by atoms with Gasteiger partial charge < -0.3 is 19.3 Å². The summed E-state index contributed by atoms with van der Waals surface area (Å²) in [6, 6.07) is 5.58. The SMILES string of the molecule is Cc1ccc(C#N)c2c(OCCNC(=O)OC(C)(C)C)noc12. The Labute approximate surface area is 134 Å². The lowest BCUT2D eigenvalue weighted by Crippen LogP contribution is -2.34. The third-order valence-electron chi connectivity index (χ3n) is 2.92. The topological polar surface area (TPSA) is 97.4 Å². The molecule has 1 heterocycles. The van der Waals surface area contributed by atoms with Gasteiger partial charge in [0.05, 0.1) is 12.1 Å². The van der Waals surface area contributed by atoms with Crippen LogP contribution < -0.4 is 10.1 Å². The highest BCUT2D eigenvalue weighted by atomic mass is 16.6. The number of amides is 1. The van der Waals surface area contributed by atoms with Crippen LogP contribution in [0.4, 0.5) is 4.79 Å². The minimum absolute atomic E-state index is 0.180. The lowest BCUT2D eigenvalue weighted by Gasteiger charge is -2.19. The first kappa shape index (κ1) is 16.6. The van der Waals surface area contributed by atoms with Crippen LogP contribution in [-0.2, 0) is 4.74 Å². The number of aromatic nitrogens is 1. The maximum absolute atomic E-state index is 11.5. The highest BCUT2D eigenvalue weighted by Crippen LogP contribution is 2.30. The van der Waals surface area contributed by atoms with E-state index >= 15 is 0 Å². The van der Waals surface area contributed by atoms with Crippen molar-refractivity contribution in [3.63, 3.8) is 0 Å². The molecule has 2 aromatic rings. The minimum atomic E-state index is -0.549. The number of alkyl carbamates (subject to hydrolysis) is 1. The Kier molecular flexibility index (Phi) is 4.74. The van der Waals surface area contributed by atoms with Crippen molar-refractivity contribution >= 4 is 17.1 Å². The Bertz CT molecular complexity index is 753. The summed E-state index contributed by atoms with van der Waals surface area (Å²) in [7, 11) is 0. The van der Waals surface area contributed by atoms with Crippen LogP contribution in [0.2, 0.25) is 0 Å². The zero-order chi connectivity index (χ0) is 17.0. The molecule has 0 bridgehead atoms. The smallest absolute Gasteiger partial charge is 0.407 e. The first-order valence-electron chi connectivity index (χ1n) is 7.20. The number of fused-ring (bicyclic) bond motifs is 1. The maximum atomic E-state index is 11.5. The second-order valence-corrected chi connectivity index (χ2v) is 6.01. The van der Waals surface area contributed by atoms with E-state index in [-0.39, 0.29) is 19.0 Å². The van der Waals surface area contributed by atoms with Crippen molar-refractivity contribution in [3.05, 3.63) is 23.3 Å². The van der Waals surface area contributed by atoms with Crippen molar-refractivity contribution in [3.8, 4) is 11.9 Å². The number of hydrogen-bond donors (Lipinski definition) is 1. The van der Waals surface area contributed by atoms with Crippen LogP contribution in [0, 0.1) is 18.3 Å². The van der Waals surface area contributed by atoms with E-state index in [2.05, 4.69) is 16.5 Å². The number of rotatable bonds is 4. The Balaban J connectivity index is 1.97. The molecule has 1 amide bonds. The standard InChI is InChI=1S/C16H19N3O4/c1-10-5-6-11(9-17)12-13(10)23-19-14(12)21-8-7-18-15(20)22-16(2,3)4/h5-6H,7-8H2,1-4H3,(H,18,20). The summed E-state index contributed by atoms with van der Waals surface area (Å²) in [5.41, 5.74) is 1.28. The van der Waals surface area contributed by atoms with Gasteiger partial charge >= 0.3 is 6.09 Å². The monoisotopic (exact) mass is 317 g/mol. The van der Waals surface area contributed by atoms with Gasteiger partial charge in [-0.25, -0.2) is 4.79 Å². The largest absolute Gasteiger partial charge is 0.473 e. The summed E-state index contributed by atoms with van der Waals surface area (Å²) in [4.78, 5) is 11.5. The van der Waals surface area contributed by atoms with Gasteiger partial charge in [0.2, 0.25) is 0 Å². The van der Waals surface area contributed by atoms with Crippen molar-refractivity contribution in [1.82, 2.24) is 10.5 Å². The number of hydrogen-bond acceptors (Lipinski definition) is 6. The van der Waals surface area contributed by atoms with E-state index in [0.29, 0.717) is 16.5 Å². The van der Waals surface area contributed by atoms with E-state index in [0.717, 1.165) is 5.56 Å². The highest BCUT2D eigenvalue weighted by molar-refractivity contribution is 5.90. The number of ether oxygens (including phenoxy) is 2. The predicted octanol–water partition coefficient (Wildman–Crippen LogP) is 2.91. The first-order chi connectivity index (χ1) is 10.8. The molecule has 0 unspecified atom stereocenters. The number of nitriles is 1. The molecule has 1 aromatic heterocycles. The molecular formula is C16H19N3O4. The van der Waals surface area contributed by atoms with E-state index < -0.39 is 11.7 Å². The zero-order valence-corrected chi connectivity index (χ0v) is 13.6. The first-order valence-corrected chi connectivity index (χ1v) is 7.20. The molecule has 1 aromatic carbocycles. The Hall–Kier alpha value is -2.75. The van der Waals surface area contributed by atoms with Crippen molar-refractivity contribution < 1.29 is 18.8 Å². The molecule has 0 aliphatic rings. The molecule has 23 heavy (non-hydrogen) atoms. The van der Waals surface area contributed by atoms with Gasteiger partial charge in [0.15, 0.2) is 5.58 Å². The fourth-order valence-electron chi connectivity index (χ4n) is 1.96. The van der Waals surface area contributed by atoms with Gasteiger partial charge in [0.1, 0.15) is 23.7 Å². The molecule has 7 nitrogen and oxygen atoms in total. The highest BCUT2D eigenvalue weighted by Gasteiger charge is 2.17. The van der Waals surface area contributed by atoms with E-state index in [1.54, 1.807) is 32.9 Å². The van der Waals surface area contributed by atoms with Gasteiger partial charge in [-0.3, -0.25) is 0 Å². The molecule has 0 radical (unpaired) electrons. The van der Waals surface area contributed by atoms with Gasteiger partial charge in [-0.15, -0.1) is 0 Å². The Morgan fingerprint density at radius 3 is 2.83 bits per heavy atom. The second kappa shape index (κ2) is 6.57. The Morgan fingerprint density at radius 1 is 1.43 bits per heavy atom. The molecule has 0 saturated carbocycles. The number of nitrogens with zero attached hydrogens (tertiary/aromatic N) is 2. The molecule has 0 spiro atoms. The lowest BCUT2D eigenvalue weighted by molar-refractivity contribution is 0.0520. The number of nitrogens with one attached hydrogen (secondary N) is 1. The summed E-state index contributed by atoms with van der Waals surface area (Å²) >= 11 is 0. The van der Waals surface area contributed by atoms with Gasteiger partial charge in [0, 0.05) is 0 Å². The molecule has 0 fully saturated rings. The summed E-state index contributed by atoms with van der Waals surface area (Å²) in [5, 5.41) is 16.1. The molecule has 1 N–H and O–H groups in total. The average Bonchev–Trinajstić information content (AvgIpc) is 2.87. The van der Waals surface area contributed by atoms with Crippen molar-refractivity contribution in [2.75, 3.05) is 13.2 Å². The molecular weight excluding hydrogens is 298 g/mol. The van der Waals surface area contributed by atoms with E-state index in [1.807, 2.05) is 6.92 Å². The molecule has 0 atom stereocenters. The van der Waals surface area contributed by atoms with Crippen molar-refractivity contribution in [1.29, 1.82) is 5.26 Å². The van der Waals surface area contributed by atoms with Crippen LogP contribution in [0.5, 0.6) is 5.88 Å². The fraction of sp³-hybridized carbons (Fsp3) is 0.438. The number of benzene rings is 1. The van der Waals surface area contributed by atoms with Gasteiger partial charge in [-0.1, -0.05) is 6.07 Å². The molecule has 2 rings (SSSR count). The van der Waals surface area contributed by atoms with Crippen LogP contribution in [-0.4, -0.2) is 30.0 Å². The zero-order valence-electron chi connectivity index (χ0n) is 13.6. The quantitative estimate of drug-likeness (QED) is 0.871. The number of carbonyl (C=O) groups excluding carboxylic acids is 1. The third-order valence-corrected chi connectivity index (χ3v) is 2.92. The molecule has 0 aliphatic carbocycles. The molecule has 7 heteroatoms. The summed E-state index contributed by atoms with van der Waals surface area (Å²) in [6.45, 7) is 7.66. The van der Waals surface area contributed by atoms with E-state index in [1.165, 1.54) is 0 Å². The Morgan fingerprint density at radius 2 is 2.17 bits per heavy atom. The lowest BCUT2D eigenvalue weighted by atomic mass is 10.1. The second-order valence-electron chi connectivity index (χ2n) is 6.01. The van der Waals surface area contributed by atoms with Crippen LogP contribution >= 0.6 is 0 Å². The van der Waals surface area contributed by atoms with E-state index in [4.69, 9.17) is 14.0 Å². The number of carbonyl (C=O) groups is 1. The van der Waals surface area contributed by atoms with E-state index in [9.17, 15) is 10.1 Å². The van der Waals surface area contributed by atoms with Crippen LogP contribution in [0.1, 0.15) is 31.9 Å². The van der Waals surface area contributed by atoms with Crippen LogP contribution in [0.15, 0.2) is 16.7 Å². The van der Waals surface area contributed by atoms with Gasteiger partial charge in [0.25, 0.3) is 5.88 Å². The predicted molar refractivity (Wildman–Crippen MR) is 83.2 cm³/mol. The molecule has 0 aliphatic heterocycles. The third kappa shape index (κ3) is 4.13. The van der Waals surface area contributed by atoms with Crippen LogP contribution in [0.3, 0.4) is 0 Å². The summed E-state index contributed by atoms with van der Waals surface area (Å²) < 4.78 is 15.9. The summed E-state index contributed by atoms with van der Waals surface area (Å²) in [6.07, 6.45) is -0.514. The molecule has 0 saturated heterocycles. The minimum Gasteiger partial charge on any atom is -0.473 e. The van der Waals surface area contributed by atoms with Gasteiger partial charge in [-0.05, 0) is 44.5 Å². The normalized spacial score (nSPS) is 11.1. The summed E-state index contributed by atoms with van der Waals surface area (Å²) in [5.74, 6) is 0.242. The molecule has 122 valence electrons. The number of aryl methyl sites for hydroxylation is 1. The maximum Gasteiger partial charge on any atom is 0.407 e. The van der Waals surface area contributed by atoms with Crippen molar-refractivity contribution in [2.45, 2.75) is 33.3 Å².